The van der Waals surface area contributed by atoms with Crippen molar-refractivity contribution in [2.75, 3.05) is 5.75 Å². The third-order valence-electron chi connectivity index (χ3n) is 2.82. The van der Waals surface area contributed by atoms with Crippen molar-refractivity contribution in [1.82, 2.24) is 0 Å². The summed E-state index contributed by atoms with van der Waals surface area (Å²) in [6.45, 7) is 2.39. The van der Waals surface area contributed by atoms with Crippen LogP contribution in [-0.4, -0.2) is 27.2 Å². The minimum absolute atomic E-state index is 0.217. The van der Waals surface area contributed by atoms with Gasteiger partial charge in [-0.15, -0.1) is 0 Å². The molecule has 118 valence electrons. The van der Waals surface area contributed by atoms with Gasteiger partial charge in [-0.1, -0.05) is 13.0 Å². The number of hydrogen-bond acceptors (Lipinski definition) is 2. The Morgan fingerprint density at radius 1 is 1.24 bits per heavy atom. The Morgan fingerprint density at radius 3 is 2.14 bits per heavy atom. The van der Waals surface area contributed by atoms with E-state index in [9.17, 15) is 31.0 Å². The number of rotatable bonds is 4. The molecule has 1 rings (SSSR count). The molecule has 0 amide bonds. The first-order chi connectivity index (χ1) is 9.45. The molecule has 0 saturated carbocycles. The maximum Gasteiger partial charge on any atom is 0.458 e. The molecule has 0 aliphatic heterocycles. The van der Waals surface area contributed by atoms with E-state index >= 15 is 0 Å². The lowest BCUT2D eigenvalue weighted by molar-refractivity contribution is -0.290. The van der Waals surface area contributed by atoms with Gasteiger partial charge in [-0.3, -0.25) is 4.21 Å². The highest BCUT2D eigenvalue weighted by molar-refractivity contribution is 7.85. The van der Waals surface area contributed by atoms with E-state index in [1.54, 1.807) is 0 Å². The Balaban J connectivity index is 3.73. The number of halogens is 5. The Kier molecular flexibility index (Phi) is 4.76. The zero-order chi connectivity index (χ0) is 16.6. The van der Waals surface area contributed by atoms with Gasteiger partial charge in [-0.05, 0) is 18.6 Å². The molecule has 1 N–H and O–H groups in total. The van der Waals surface area contributed by atoms with Crippen molar-refractivity contribution in [3.63, 3.8) is 0 Å². The van der Waals surface area contributed by atoms with Crippen molar-refractivity contribution in [2.24, 2.45) is 0 Å². The van der Waals surface area contributed by atoms with Crippen molar-refractivity contribution >= 4 is 16.8 Å². The van der Waals surface area contributed by atoms with Crippen LogP contribution in [0.25, 0.3) is 0 Å². The number of alkyl halides is 5. The number of carbonyl (C=O) groups is 1. The molecule has 0 aliphatic rings. The van der Waals surface area contributed by atoms with Gasteiger partial charge in [0.15, 0.2) is 0 Å². The summed E-state index contributed by atoms with van der Waals surface area (Å²) in [6, 6.07) is 1.02. The number of carboxylic acids is 1. The maximum atomic E-state index is 13.5. The van der Waals surface area contributed by atoms with Crippen LogP contribution in [0.4, 0.5) is 22.0 Å². The summed E-state index contributed by atoms with van der Waals surface area (Å²) in [5.74, 6) is -6.93. The van der Waals surface area contributed by atoms with Gasteiger partial charge in [0.2, 0.25) is 0 Å². The zero-order valence-electron chi connectivity index (χ0n) is 10.9. The molecule has 3 nitrogen and oxygen atoms in total. The molecule has 0 radical (unpaired) electrons. The predicted molar refractivity (Wildman–Crippen MR) is 65.0 cm³/mol. The topological polar surface area (TPSA) is 54.4 Å². The smallest absolute Gasteiger partial charge is 0.458 e. The molecule has 1 aromatic rings. The molecule has 0 spiro atoms. The number of carboxylic acid groups (broad SMARTS) is 1. The van der Waals surface area contributed by atoms with Crippen molar-refractivity contribution in [1.29, 1.82) is 0 Å². The van der Waals surface area contributed by atoms with Crippen LogP contribution >= 0.6 is 0 Å². The fraction of sp³-hybridized carbons (Fsp3) is 0.417. The standard InChI is InChI=1S/C12H11F5O3S/c1-3-21(20)9-6(2)7(10(18)19)4-5-8(9)11(13,14)12(15,16)17/h4-5H,3H2,1-2H3,(H,18,19)/t21-/m0/s1. The Morgan fingerprint density at radius 2 is 1.76 bits per heavy atom. The molecule has 0 aromatic heterocycles. The molecule has 0 unspecified atom stereocenters. The van der Waals surface area contributed by atoms with Crippen molar-refractivity contribution < 1.29 is 36.1 Å². The van der Waals surface area contributed by atoms with Crippen LogP contribution in [0.5, 0.6) is 0 Å². The lowest BCUT2D eigenvalue weighted by Crippen LogP contribution is -2.35. The van der Waals surface area contributed by atoms with Crippen LogP contribution in [0.3, 0.4) is 0 Å². The van der Waals surface area contributed by atoms with E-state index < -0.39 is 44.9 Å². The fourth-order valence-corrected chi connectivity index (χ4v) is 2.94. The highest BCUT2D eigenvalue weighted by Gasteiger charge is 2.60. The summed E-state index contributed by atoms with van der Waals surface area (Å²) >= 11 is 0. The van der Waals surface area contributed by atoms with Gasteiger partial charge >= 0.3 is 18.1 Å². The molecule has 21 heavy (non-hydrogen) atoms. The van der Waals surface area contributed by atoms with Gasteiger partial charge in [0, 0.05) is 11.3 Å². The van der Waals surface area contributed by atoms with Crippen molar-refractivity contribution in [2.45, 2.75) is 30.8 Å². The fourth-order valence-electron chi connectivity index (χ4n) is 1.76. The molecule has 0 saturated heterocycles. The van der Waals surface area contributed by atoms with E-state index in [0.29, 0.717) is 12.1 Å². The first kappa shape index (κ1) is 17.5. The third-order valence-corrected chi connectivity index (χ3v) is 4.33. The lowest BCUT2D eigenvalue weighted by Gasteiger charge is -2.23. The first-order valence-electron chi connectivity index (χ1n) is 5.65. The molecular formula is C12H11F5O3S. The van der Waals surface area contributed by atoms with E-state index in [2.05, 4.69) is 0 Å². The molecule has 0 heterocycles. The van der Waals surface area contributed by atoms with Crippen molar-refractivity contribution in [3.8, 4) is 0 Å². The molecule has 9 heteroatoms. The minimum Gasteiger partial charge on any atom is -0.478 e. The van der Waals surface area contributed by atoms with Gasteiger partial charge < -0.3 is 5.11 Å². The summed E-state index contributed by atoms with van der Waals surface area (Å²) in [5, 5.41) is 8.89. The van der Waals surface area contributed by atoms with E-state index in [-0.39, 0.29) is 11.3 Å². The summed E-state index contributed by atoms with van der Waals surface area (Å²) in [6.07, 6.45) is -5.86. The maximum absolute atomic E-state index is 13.5. The van der Waals surface area contributed by atoms with Crippen LogP contribution in [0.1, 0.15) is 28.4 Å². The second-order valence-electron chi connectivity index (χ2n) is 4.13. The molecule has 0 fully saturated rings. The predicted octanol–water partition coefficient (Wildman–Crippen LogP) is 3.47. The highest BCUT2D eigenvalue weighted by Crippen LogP contribution is 2.46. The number of hydrogen-bond donors (Lipinski definition) is 1. The monoisotopic (exact) mass is 330 g/mol. The number of aromatic carboxylic acids is 1. The van der Waals surface area contributed by atoms with Crippen LogP contribution in [0.2, 0.25) is 0 Å². The van der Waals surface area contributed by atoms with Gasteiger partial charge in [0.1, 0.15) is 0 Å². The first-order valence-corrected chi connectivity index (χ1v) is 6.97. The molecule has 1 aromatic carbocycles. The summed E-state index contributed by atoms with van der Waals surface area (Å²) < 4.78 is 76.3. The van der Waals surface area contributed by atoms with E-state index in [1.807, 2.05) is 0 Å². The average molecular weight is 330 g/mol. The van der Waals surface area contributed by atoms with Crippen LogP contribution in [0.15, 0.2) is 17.0 Å². The Hall–Kier alpha value is -1.51. The molecular weight excluding hydrogens is 319 g/mol. The van der Waals surface area contributed by atoms with E-state index in [1.165, 1.54) is 6.92 Å². The SMILES string of the molecule is CC[S@](=O)c1c(C(F)(F)C(F)(F)F)ccc(C(=O)O)c1C. The molecule has 0 aliphatic carbocycles. The van der Waals surface area contributed by atoms with Crippen LogP contribution in [0, 0.1) is 6.92 Å². The zero-order valence-corrected chi connectivity index (χ0v) is 11.7. The van der Waals surface area contributed by atoms with Crippen LogP contribution in [-0.2, 0) is 16.7 Å². The van der Waals surface area contributed by atoms with E-state index in [0.717, 1.165) is 6.92 Å². The third kappa shape index (κ3) is 3.07. The van der Waals surface area contributed by atoms with Gasteiger partial charge in [0.05, 0.1) is 21.3 Å². The Labute approximate surface area is 119 Å². The lowest BCUT2D eigenvalue weighted by atomic mass is 10.0. The van der Waals surface area contributed by atoms with Gasteiger partial charge in [-0.25, -0.2) is 4.79 Å². The summed E-state index contributed by atoms with van der Waals surface area (Å²) in [4.78, 5) is 10.2. The second-order valence-corrected chi connectivity index (χ2v) is 5.80. The summed E-state index contributed by atoms with van der Waals surface area (Å²) in [5.41, 5.74) is -2.30. The largest absolute Gasteiger partial charge is 0.478 e. The van der Waals surface area contributed by atoms with E-state index in [4.69, 9.17) is 5.11 Å². The van der Waals surface area contributed by atoms with Crippen LogP contribution < -0.4 is 0 Å². The Bertz CT molecular complexity index is 595. The normalized spacial score (nSPS) is 14.0. The summed E-state index contributed by atoms with van der Waals surface area (Å²) in [7, 11) is -2.16. The van der Waals surface area contributed by atoms with Gasteiger partial charge in [0.25, 0.3) is 0 Å². The molecule has 1 atom stereocenters. The quantitative estimate of drug-likeness (QED) is 0.860. The highest BCUT2D eigenvalue weighted by atomic mass is 32.2. The second kappa shape index (κ2) is 5.70. The number of benzene rings is 1. The van der Waals surface area contributed by atoms with Gasteiger partial charge in [-0.2, -0.15) is 22.0 Å². The molecule has 0 bridgehead atoms. The minimum atomic E-state index is -5.86. The van der Waals surface area contributed by atoms with Crippen molar-refractivity contribution in [3.05, 3.63) is 28.8 Å². The average Bonchev–Trinajstić information content (AvgIpc) is 2.35.